The van der Waals surface area contributed by atoms with Gasteiger partial charge in [0.05, 0.1) is 37.6 Å². The summed E-state index contributed by atoms with van der Waals surface area (Å²) in [4.78, 5) is 26.1. The second kappa shape index (κ2) is 6.29. The van der Waals surface area contributed by atoms with E-state index in [2.05, 4.69) is 5.32 Å². The number of ether oxygens (including phenoxy) is 3. The maximum Gasteiger partial charge on any atom is 0.338 e. The van der Waals surface area contributed by atoms with Gasteiger partial charge in [0.1, 0.15) is 12.4 Å². The topological polar surface area (TPSA) is 77.1 Å². The second-order valence-electron chi connectivity index (χ2n) is 5.21. The van der Waals surface area contributed by atoms with Gasteiger partial charge in [-0.1, -0.05) is 18.2 Å². The van der Waals surface area contributed by atoms with Crippen molar-refractivity contribution >= 4 is 12.0 Å². The van der Waals surface area contributed by atoms with E-state index in [9.17, 15) is 9.59 Å². The summed E-state index contributed by atoms with van der Waals surface area (Å²) in [6.45, 7) is 0.825. The van der Waals surface area contributed by atoms with Gasteiger partial charge in [-0.2, -0.15) is 0 Å². The Balaban J connectivity index is 2.04. The molecule has 7 heteroatoms. The average molecular weight is 318 g/mol. The molecule has 2 heterocycles. The molecule has 0 saturated carbocycles. The summed E-state index contributed by atoms with van der Waals surface area (Å²) < 4.78 is 15.5. The van der Waals surface area contributed by atoms with E-state index in [0.717, 1.165) is 5.56 Å². The Bertz CT molecular complexity index is 670. The first-order chi connectivity index (χ1) is 11.2. The lowest BCUT2D eigenvalue weighted by Crippen LogP contribution is -2.48. The van der Waals surface area contributed by atoms with Gasteiger partial charge in [-0.15, -0.1) is 0 Å². The van der Waals surface area contributed by atoms with Gasteiger partial charge in [-0.25, -0.2) is 9.59 Å². The summed E-state index contributed by atoms with van der Waals surface area (Å²) in [7, 11) is 3.11. The first-order valence-electron chi connectivity index (χ1n) is 7.27. The van der Waals surface area contributed by atoms with Crippen LogP contribution < -0.4 is 10.1 Å². The molecule has 0 saturated heterocycles. The molecule has 1 aromatic carbocycles. The summed E-state index contributed by atoms with van der Waals surface area (Å²) in [5.74, 6) is 0.188. The van der Waals surface area contributed by atoms with E-state index in [-0.39, 0.29) is 12.6 Å². The summed E-state index contributed by atoms with van der Waals surface area (Å²) in [6.07, 6.45) is 0. The van der Waals surface area contributed by atoms with Gasteiger partial charge in [0, 0.05) is 12.7 Å². The molecule has 0 spiro atoms. The van der Waals surface area contributed by atoms with Crippen molar-refractivity contribution in [2.24, 2.45) is 0 Å². The fourth-order valence-electron chi connectivity index (χ4n) is 2.87. The van der Waals surface area contributed by atoms with E-state index in [1.807, 2.05) is 18.2 Å². The molecule has 0 fully saturated rings. The van der Waals surface area contributed by atoms with Crippen LogP contribution >= 0.6 is 0 Å². The van der Waals surface area contributed by atoms with Crippen molar-refractivity contribution in [1.82, 2.24) is 10.2 Å². The number of nitrogens with one attached hydrogen (secondary N) is 1. The van der Waals surface area contributed by atoms with Crippen molar-refractivity contribution in [2.45, 2.75) is 6.04 Å². The second-order valence-corrected chi connectivity index (χ2v) is 5.21. The summed E-state index contributed by atoms with van der Waals surface area (Å²) in [6, 6.07) is 6.42. The van der Waals surface area contributed by atoms with Crippen molar-refractivity contribution < 1.29 is 23.8 Å². The quantitative estimate of drug-likeness (QED) is 0.826. The molecule has 1 N–H and O–H groups in total. The van der Waals surface area contributed by atoms with Crippen LogP contribution in [0.2, 0.25) is 0 Å². The highest BCUT2D eigenvalue weighted by Gasteiger charge is 2.42. The Morgan fingerprint density at radius 2 is 2.09 bits per heavy atom. The fourth-order valence-corrected chi connectivity index (χ4v) is 2.87. The number of carbonyl (C=O) groups is 2. The highest BCUT2D eigenvalue weighted by Crippen LogP contribution is 2.38. The number of cyclic esters (lactones) is 1. The number of esters is 1. The van der Waals surface area contributed by atoms with Crippen LogP contribution in [0.5, 0.6) is 5.75 Å². The van der Waals surface area contributed by atoms with Gasteiger partial charge < -0.3 is 19.5 Å². The largest absolute Gasteiger partial charge is 0.496 e. The normalized spacial score (nSPS) is 20.3. The predicted octanol–water partition coefficient (Wildman–Crippen LogP) is 1.22. The van der Waals surface area contributed by atoms with E-state index in [0.29, 0.717) is 30.2 Å². The minimum absolute atomic E-state index is 0.0942. The van der Waals surface area contributed by atoms with Gasteiger partial charge in [-0.3, -0.25) is 4.90 Å². The number of rotatable bonds is 5. The molecule has 0 aliphatic carbocycles. The fraction of sp³-hybridized carbons (Fsp3) is 0.375. The monoisotopic (exact) mass is 318 g/mol. The predicted molar refractivity (Wildman–Crippen MR) is 80.8 cm³/mol. The first kappa shape index (κ1) is 15.4. The van der Waals surface area contributed by atoms with Crippen molar-refractivity contribution in [3.05, 3.63) is 41.1 Å². The average Bonchev–Trinajstić information content (AvgIpc) is 2.95. The molecule has 2 amide bonds. The van der Waals surface area contributed by atoms with Gasteiger partial charge in [-0.05, 0) is 6.07 Å². The number of amides is 2. The first-order valence-corrected chi connectivity index (χ1v) is 7.27. The highest BCUT2D eigenvalue weighted by atomic mass is 16.5. The van der Waals surface area contributed by atoms with Gasteiger partial charge in [0.15, 0.2) is 0 Å². The van der Waals surface area contributed by atoms with Crippen molar-refractivity contribution in [3.63, 3.8) is 0 Å². The number of benzene rings is 1. The molecule has 23 heavy (non-hydrogen) atoms. The Morgan fingerprint density at radius 1 is 1.30 bits per heavy atom. The Labute approximate surface area is 133 Å². The van der Waals surface area contributed by atoms with Crippen LogP contribution in [0.1, 0.15) is 11.6 Å². The van der Waals surface area contributed by atoms with E-state index < -0.39 is 12.0 Å². The molecular formula is C16H18N2O5. The van der Waals surface area contributed by atoms with Gasteiger partial charge in [0.25, 0.3) is 0 Å². The number of urea groups is 1. The van der Waals surface area contributed by atoms with Gasteiger partial charge >= 0.3 is 12.0 Å². The molecule has 0 bridgehead atoms. The molecule has 3 rings (SSSR count). The molecule has 2 aliphatic heterocycles. The third-order valence-corrected chi connectivity index (χ3v) is 3.97. The van der Waals surface area contributed by atoms with E-state index >= 15 is 0 Å². The van der Waals surface area contributed by atoms with Crippen LogP contribution in [-0.4, -0.2) is 50.9 Å². The van der Waals surface area contributed by atoms with E-state index in [4.69, 9.17) is 14.2 Å². The zero-order valence-electron chi connectivity index (χ0n) is 13.0. The molecular weight excluding hydrogens is 300 g/mol. The van der Waals surface area contributed by atoms with Crippen molar-refractivity contribution in [1.29, 1.82) is 0 Å². The van der Waals surface area contributed by atoms with Crippen LogP contribution in [0, 0.1) is 0 Å². The van der Waals surface area contributed by atoms with E-state index in [1.54, 1.807) is 20.3 Å². The molecule has 7 nitrogen and oxygen atoms in total. The van der Waals surface area contributed by atoms with Crippen molar-refractivity contribution in [2.75, 3.05) is 34.0 Å². The summed E-state index contributed by atoms with van der Waals surface area (Å²) in [5, 5.41) is 2.86. The maximum atomic E-state index is 12.5. The minimum atomic E-state index is -0.581. The highest BCUT2D eigenvalue weighted by molar-refractivity contribution is 5.97. The zero-order valence-corrected chi connectivity index (χ0v) is 13.0. The Hall–Kier alpha value is -2.54. The lowest BCUT2D eigenvalue weighted by Gasteiger charge is -2.33. The molecule has 1 atom stereocenters. The number of para-hydroxylation sites is 1. The SMILES string of the molecule is COCCN1C(=O)N[C@H](c2ccccc2OC)C2=C1COC2=O. The van der Waals surface area contributed by atoms with Crippen LogP contribution in [-0.2, 0) is 14.3 Å². The number of methoxy groups -OCH3 is 2. The molecule has 122 valence electrons. The third-order valence-electron chi connectivity index (χ3n) is 3.97. The van der Waals surface area contributed by atoms with E-state index in [1.165, 1.54) is 4.90 Å². The molecule has 0 radical (unpaired) electrons. The number of hydrogen-bond acceptors (Lipinski definition) is 5. The van der Waals surface area contributed by atoms with Crippen LogP contribution in [0.4, 0.5) is 4.79 Å². The van der Waals surface area contributed by atoms with Crippen LogP contribution in [0.15, 0.2) is 35.5 Å². The minimum Gasteiger partial charge on any atom is -0.496 e. The number of hydrogen-bond donors (Lipinski definition) is 1. The molecule has 0 unspecified atom stereocenters. The number of carbonyl (C=O) groups excluding carboxylic acids is 2. The van der Waals surface area contributed by atoms with Gasteiger partial charge in [0.2, 0.25) is 0 Å². The Kier molecular flexibility index (Phi) is 4.20. The standard InChI is InChI=1S/C16H18N2O5/c1-21-8-7-18-11-9-23-15(19)13(11)14(17-16(18)20)10-5-3-4-6-12(10)22-2/h3-6,14H,7-9H2,1-2H3,(H,17,20)/t14-/m1/s1. The molecule has 2 aliphatic rings. The van der Waals surface area contributed by atoms with Crippen molar-refractivity contribution in [3.8, 4) is 5.75 Å². The third kappa shape index (κ3) is 2.63. The summed E-state index contributed by atoms with van der Waals surface area (Å²) in [5.41, 5.74) is 1.76. The Morgan fingerprint density at radius 3 is 2.83 bits per heavy atom. The molecule has 0 aromatic heterocycles. The lowest BCUT2D eigenvalue weighted by atomic mass is 9.95. The van der Waals surface area contributed by atoms with Crippen LogP contribution in [0.25, 0.3) is 0 Å². The zero-order chi connectivity index (χ0) is 16.4. The maximum absolute atomic E-state index is 12.5. The lowest BCUT2D eigenvalue weighted by molar-refractivity contribution is -0.136. The number of nitrogens with zero attached hydrogens (tertiary/aromatic N) is 1. The molecule has 1 aromatic rings. The smallest absolute Gasteiger partial charge is 0.338 e. The summed E-state index contributed by atoms with van der Waals surface area (Å²) >= 11 is 0. The van der Waals surface area contributed by atoms with Crippen LogP contribution in [0.3, 0.4) is 0 Å².